The fourth-order valence-electron chi connectivity index (χ4n) is 0.408. The standard InChI is InChI=1S/C7H10O4.Na/c1-5(2)11-7(10)4-3-6(8)9;/h3-5H,1-2H3,(H,8,9);/q;+1/p-1/b4-3-;. The summed E-state index contributed by atoms with van der Waals surface area (Å²) in [6, 6.07) is 0. The van der Waals surface area contributed by atoms with E-state index >= 15 is 0 Å². The van der Waals surface area contributed by atoms with Crippen molar-refractivity contribution in [3.8, 4) is 0 Å². The summed E-state index contributed by atoms with van der Waals surface area (Å²) in [4.78, 5) is 20.3. The molecule has 0 saturated carbocycles. The molecule has 0 heterocycles. The number of carboxylic acids is 1. The van der Waals surface area contributed by atoms with E-state index in [9.17, 15) is 14.7 Å². The number of hydrogen-bond acceptors (Lipinski definition) is 4. The van der Waals surface area contributed by atoms with Gasteiger partial charge in [0.05, 0.1) is 12.1 Å². The Morgan fingerprint density at radius 2 is 1.83 bits per heavy atom. The molecule has 0 radical (unpaired) electrons. The Morgan fingerprint density at radius 1 is 1.33 bits per heavy atom. The molecule has 0 N–H and O–H groups in total. The van der Waals surface area contributed by atoms with E-state index in [2.05, 4.69) is 4.74 Å². The molecule has 0 amide bonds. The molecule has 0 unspecified atom stereocenters. The molecule has 5 heteroatoms. The number of hydrogen-bond donors (Lipinski definition) is 0. The molecule has 0 aliphatic heterocycles. The molecular formula is C7H9NaO4. The molecule has 0 aromatic carbocycles. The third-order valence-electron chi connectivity index (χ3n) is 0.707. The van der Waals surface area contributed by atoms with Crippen LogP contribution < -0.4 is 34.7 Å². The second-order valence-electron chi connectivity index (χ2n) is 2.14. The van der Waals surface area contributed by atoms with Gasteiger partial charge in [0.1, 0.15) is 0 Å². The summed E-state index contributed by atoms with van der Waals surface area (Å²) >= 11 is 0. The second kappa shape index (κ2) is 7.34. The first kappa shape index (κ1) is 14.2. The van der Waals surface area contributed by atoms with Crippen molar-refractivity contribution in [1.82, 2.24) is 0 Å². The number of carbonyl (C=O) groups is 2. The molecule has 62 valence electrons. The summed E-state index contributed by atoms with van der Waals surface area (Å²) in [6.07, 6.45) is 1.20. The monoisotopic (exact) mass is 180 g/mol. The maximum atomic E-state index is 10.6. The van der Waals surface area contributed by atoms with Gasteiger partial charge in [0.15, 0.2) is 0 Å². The molecule has 0 aromatic rings. The van der Waals surface area contributed by atoms with Crippen molar-refractivity contribution >= 4 is 11.9 Å². The van der Waals surface area contributed by atoms with Crippen LogP contribution in [-0.2, 0) is 14.3 Å². The Kier molecular flexibility index (Phi) is 8.69. The van der Waals surface area contributed by atoms with E-state index in [1.54, 1.807) is 13.8 Å². The molecule has 0 aliphatic rings. The van der Waals surface area contributed by atoms with Gasteiger partial charge in [-0.3, -0.25) is 0 Å². The van der Waals surface area contributed by atoms with E-state index in [1.165, 1.54) is 0 Å². The third kappa shape index (κ3) is 9.68. The van der Waals surface area contributed by atoms with Gasteiger partial charge in [-0.2, -0.15) is 0 Å². The average molecular weight is 180 g/mol. The van der Waals surface area contributed by atoms with Gasteiger partial charge in [-0.25, -0.2) is 4.79 Å². The Bertz CT molecular complexity index is 186. The summed E-state index contributed by atoms with van der Waals surface area (Å²) in [7, 11) is 0. The van der Waals surface area contributed by atoms with Gasteiger partial charge >= 0.3 is 35.5 Å². The zero-order valence-corrected chi connectivity index (χ0v) is 9.37. The summed E-state index contributed by atoms with van der Waals surface area (Å²) in [5, 5.41) is 9.78. The SMILES string of the molecule is CC(C)OC(=O)/C=C\C(=O)[O-].[Na+]. The Hall–Kier alpha value is -0.320. The fraction of sp³-hybridized carbons (Fsp3) is 0.429. The van der Waals surface area contributed by atoms with Gasteiger partial charge < -0.3 is 14.6 Å². The maximum Gasteiger partial charge on any atom is 1.00 e. The molecule has 0 spiro atoms. The summed E-state index contributed by atoms with van der Waals surface area (Å²) in [5.41, 5.74) is 0. The number of carbonyl (C=O) groups excluding carboxylic acids is 2. The van der Waals surface area contributed by atoms with E-state index in [0.29, 0.717) is 6.08 Å². The first-order chi connectivity index (χ1) is 5.02. The summed E-state index contributed by atoms with van der Waals surface area (Å²) in [5.74, 6) is -2.09. The molecule has 0 fully saturated rings. The van der Waals surface area contributed by atoms with Crippen LogP contribution in [0.5, 0.6) is 0 Å². The molecule has 0 rings (SSSR count). The van der Waals surface area contributed by atoms with Gasteiger partial charge in [0, 0.05) is 6.08 Å². The van der Waals surface area contributed by atoms with Crippen molar-refractivity contribution in [2.45, 2.75) is 20.0 Å². The fourth-order valence-corrected chi connectivity index (χ4v) is 0.408. The predicted octanol–water partition coefficient (Wildman–Crippen LogP) is -3.75. The molecule has 0 aromatic heterocycles. The molecular weight excluding hydrogens is 171 g/mol. The van der Waals surface area contributed by atoms with E-state index in [-0.39, 0.29) is 35.7 Å². The van der Waals surface area contributed by atoms with Crippen molar-refractivity contribution in [3.63, 3.8) is 0 Å². The van der Waals surface area contributed by atoms with Crippen LogP contribution in [0.25, 0.3) is 0 Å². The Morgan fingerprint density at radius 3 is 2.17 bits per heavy atom. The van der Waals surface area contributed by atoms with Crippen molar-refractivity contribution in [2.24, 2.45) is 0 Å². The summed E-state index contributed by atoms with van der Waals surface area (Å²) in [6.45, 7) is 3.34. The molecule has 0 bridgehead atoms. The minimum atomic E-state index is -1.41. The third-order valence-corrected chi connectivity index (χ3v) is 0.707. The van der Waals surface area contributed by atoms with Crippen LogP contribution in [0, 0.1) is 0 Å². The van der Waals surface area contributed by atoms with Crippen molar-refractivity contribution < 1.29 is 49.0 Å². The van der Waals surface area contributed by atoms with E-state index < -0.39 is 11.9 Å². The number of ether oxygens (including phenoxy) is 1. The van der Waals surface area contributed by atoms with Crippen LogP contribution in [0.1, 0.15) is 13.8 Å². The molecule has 0 atom stereocenters. The molecule has 0 aliphatic carbocycles. The van der Waals surface area contributed by atoms with Crippen LogP contribution in [0.3, 0.4) is 0 Å². The number of rotatable bonds is 3. The van der Waals surface area contributed by atoms with E-state index in [4.69, 9.17) is 0 Å². The zero-order valence-electron chi connectivity index (χ0n) is 7.37. The maximum absolute atomic E-state index is 10.6. The number of esters is 1. The van der Waals surface area contributed by atoms with Crippen LogP contribution in [0.2, 0.25) is 0 Å². The molecule has 12 heavy (non-hydrogen) atoms. The van der Waals surface area contributed by atoms with E-state index in [1.807, 2.05) is 0 Å². The van der Waals surface area contributed by atoms with Gasteiger partial charge in [0.25, 0.3) is 0 Å². The molecule has 4 nitrogen and oxygen atoms in total. The number of carboxylic acid groups (broad SMARTS) is 1. The largest absolute Gasteiger partial charge is 1.00 e. The topological polar surface area (TPSA) is 66.4 Å². The van der Waals surface area contributed by atoms with Crippen LogP contribution in [0.15, 0.2) is 12.2 Å². The predicted molar refractivity (Wildman–Crippen MR) is 35.4 cm³/mol. The quantitative estimate of drug-likeness (QED) is 0.254. The number of aliphatic carboxylic acids is 1. The molecule has 0 saturated heterocycles. The van der Waals surface area contributed by atoms with Gasteiger partial charge in [-0.15, -0.1) is 0 Å². The van der Waals surface area contributed by atoms with Crippen LogP contribution in [0.4, 0.5) is 0 Å². The van der Waals surface area contributed by atoms with Crippen LogP contribution >= 0.6 is 0 Å². The minimum absolute atomic E-state index is 0. The normalized spacial score (nSPS) is 9.58. The van der Waals surface area contributed by atoms with E-state index in [0.717, 1.165) is 6.08 Å². The second-order valence-corrected chi connectivity index (χ2v) is 2.14. The Labute approximate surface area is 92.9 Å². The van der Waals surface area contributed by atoms with Crippen molar-refractivity contribution in [1.29, 1.82) is 0 Å². The minimum Gasteiger partial charge on any atom is -0.545 e. The summed E-state index contributed by atoms with van der Waals surface area (Å²) < 4.78 is 4.58. The average Bonchev–Trinajstić information content (AvgIpc) is 1.82. The zero-order chi connectivity index (χ0) is 8.85. The first-order valence-electron chi connectivity index (χ1n) is 3.12. The van der Waals surface area contributed by atoms with Crippen LogP contribution in [-0.4, -0.2) is 18.0 Å². The smallest absolute Gasteiger partial charge is 0.545 e. The Balaban J connectivity index is 0. The van der Waals surface area contributed by atoms with Gasteiger partial charge in [-0.05, 0) is 19.9 Å². The van der Waals surface area contributed by atoms with Crippen molar-refractivity contribution in [2.75, 3.05) is 0 Å². The van der Waals surface area contributed by atoms with Gasteiger partial charge in [0.2, 0.25) is 0 Å². The van der Waals surface area contributed by atoms with Crippen molar-refractivity contribution in [3.05, 3.63) is 12.2 Å². The van der Waals surface area contributed by atoms with Gasteiger partial charge in [-0.1, -0.05) is 0 Å². The first-order valence-corrected chi connectivity index (χ1v) is 3.12.